The summed E-state index contributed by atoms with van der Waals surface area (Å²) in [6.45, 7) is 8.65. The third-order valence-electron chi connectivity index (χ3n) is 3.69. The van der Waals surface area contributed by atoms with Crippen LogP contribution in [0.25, 0.3) is 0 Å². The van der Waals surface area contributed by atoms with Crippen molar-refractivity contribution in [3.05, 3.63) is 29.8 Å². The van der Waals surface area contributed by atoms with Crippen molar-refractivity contribution < 1.29 is 9.84 Å². The summed E-state index contributed by atoms with van der Waals surface area (Å²) in [4.78, 5) is 0. The molecule has 0 saturated heterocycles. The number of ether oxygens (including phenoxy) is 1. The molecule has 2 rings (SSSR count). The number of hydrogen-bond donors (Lipinski definition) is 1. The largest absolute Gasteiger partial charge is 0.490 e. The molecule has 112 valence electrons. The van der Waals surface area contributed by atoms with Crippen LogP contribution in [0, 0.1) is 11.8 Å². The van der Waals surface area contributed by atoms with Crippen LogP contribution >= 0.6 is 0 Å². The smallest absolute Gasteiger partial charge is 0.120 e. The van der Waals surface area contributed by atoms with E-state index in [-0.39, 0.29) is 0 Å². The predicted octanol–water partition coefficient (Wildman–Crippen LogP) is 4.51. The molecular formula is C18H28O2. The highest BCUT2D eigenvalue weighted by molar-refractivity contribution is 5.33. The molecule has 2 nitrogen and oxygen atoms in total. The normalized spacial score (nSPS) is 15.9. The highest BCUT2D eigenvalue weighted by Crippen LogP contribution is 2.37. The first kappa shape index (κ1) is 15.4. The van der Waals surface area contributed by atoms with Crippen LogP contribution in [-0.2, 0) is 5.60 Å². The minimum atomic E-state index is -0.745. The van der Waals surface area contributed by atoms with Crippen LogP contribution in [-0.4, -0.2) is 11.2 Å². The van der Waals surface area contributed by atoms with Crippen molar-refractivity contribution in [2.45, 2.75) is 65.1 Å². The van der Waals surface area contributed by atoms with Crippen LogP contribution in [0.2, 0.25) is 0 Å². The lowest BCUT2D eigenvalue weighted by molar-refractivity contribution is -0.00471. The van der Waals surface area contributed by atoms with Crippen LogP contribution in [0.15, 0.2) is 24.3 Å². The van der Waals surface area contributed by atoms with Gasteiger partial charge in [0.2, 0.25) is 0 Å². The summed E-state index contributed by atoms with van der Waals surface area (Å²) >= 11 is 0. The van der Waals surface area contributed by atoms with E-state index in [9.17, 15) is 5.11 Å². The van der Waals surface area contributed by atoms with Gasteiger partial charge in [-0.2, -0.15) is 0 Å². The highest BCUT2D eigenvalue weighted by Gasteiger charge is 2.32. The number of aliphatic hydroxyl groups is 1. The Bertz CT molecular complexity index is 423. The number of hydrogen-bond acceptors (Lipinski definition) is 2. The topological polar surface area (TPSA) is 29.5 Å². The monoisotopic (exact) mass is 276 g/mol. The molecule has 0 aliphatic heterocycles. The van der Waals surface area contributed by atoms with Gasteiger partial charge in [-0.15, -0.1) is 0 Å². The van der Waals surface area contributed by atoms with Gasteiger partial charge in [0.15, 0.2) is 0 Å². The molecule has 0 spiro atoms. The molecule has 2 heteroatoms. The van der Waals surface area contributed by atoms with Crippen LogP contribution in [0.3, 0.4) is 0 Å². The lowest BCUT2D eigenvalue weighted by Gasteiger charge is -2.32. The van der Waals surface area contributed by atoms with Gasteiger partial charge in [0.05, 0.1) is 11.7 Å². The summed E-state index contributed by atoms with van der Waals surface area (Å²) in [6.07, 6.45) is 4.29. The SMILES string of the molecule is CC(C)CC(O)(CC(C)C)c1cccc(OC2CC2)c1. The van der Waals surface area contributed by atoms with Crippen molar-refractivity contribution in [2.75, 3.05) is 0 Å². The van der Waals surface area contributed by atoms with E-state index in [2.05, 4.69) is 27.7 Å². The van der Waals surface area contributed by atoms with Crippen LogP contribution in [0.4, 0.5) is 0 Å². The molecule has 20 heavy (non-hydrogen) atoms. The second-order valence-corrected chi connectivity index (χ2v) is 7.07. The summed E-state index contributed by atoms with van der Waals surface area (Å²) in [5.74, 6) is 1.83. The van der Waals surface area contributed by atoms with Crippen molar-refractivity contribution in [3.8, 4) is 5.75 Å². The third kappa shape index (κ3) is 4.24. The van der Waals surface area contributed by atoms with Crippen LogP contribution in [0.5, 0.6) is 5.75 Å². The highest BCUT2D eigenvalue weighted by atomic mass is 16.5. The minimum absolute atomic E-state index is 0.397. The van der Waals surface area contributed by atoms with E-state index in [1.54, 1.807) is 0 Å². The molecule has 1 aromatic rings. The maximum atomic E-state index is 11.1. The molecule has 0 heterocycles. The number of rotatable bonds is 7. The standard InChI is InChI=1S/C18H28O2/c1-13(2)11-18(19,12-14(3)4)15-6-5-7-17(10-15)20-16-8-9-16/h5-7,10,13-14,16,19H,8-9,11-12H2,1-4H3. The molecule has 0 aromatic heterocycles. The van der Waals surface area contributed by atoms with Gasteiger partial charge in [-0.3, -0.25) is 0 Å². The van der Waals surface area contributed by atoms with Crippen LogP contribution in [0.1, 0.15) is 58.9 Å². The van der Waals surface area contributed by atoms with Gasteiger partial charge in [0, 0.05) is 0 Å². The van der Waals surface area contributed by atoms with Crippen molar-refractivity contribution >= 4 is 0 Å². The molecule has 0 unspecified atom stereocenters. The minimum Gasteiger partial charge on any atom is -0.490 e. The first-order valence-electron chi connectivity index (χ1n) is 7.88. The van der Waals surface area contributed by atoms with E-state index < -0.39 is 5.60 Å². The molecule has 1 fully saturated rings. The second kappa shape index (κ2) is 6.17. The first-order chi connectivity index (χ1) is 9.39. The maximum absolute atomic E-state index is 11.1. The average Bonchev–Trinajstić information content (AvgIpc) is 3.11. The zero-order chi connectivity index (χ0) is 14.8. The Morgan fingerprint density at radius 3 is 2.25 bits per heavy atom. The zero-order valence-electron chi connectivity index (χ0n) is 13.2. The molecule has 1 aromatic carbocycles. The quantitative estimate of drug-likeness (QED) is 0.794. The summed E-state index contributed by atoms with van der Waals surface area (Å²) in [5, 5.41) is 11.1. The Kier molecular flexibility index (Phi) is 4.74. The van der Waals surface area contributed by atoms with Crippen molar-refractivity contribution in [3.63, 3.8) is 0 Å². The molecular weight excluding hydrogens is 248 g/mol. The van der Waals surface area contributed by atoms with E-state index in [0.717, 1.165) is 37.0 Å². The predicted molar refractivity (Wildman–Crippen MR) is 82.9 cm³/mol. The molecule has 1 N–H and O–H groups in total. The lowest BCUT2D eigenvalue weighted by Crippen LogP contribution is -2.29. The van der Waals surface area contributed by atoms with E-state index in [1.807, 2.05) is 24.3 Å². The fourth-order valence-corrected chi connectivity index (χ4v) is 2.91. The van der Waals surface area contributed by atoms with E-state index >= 15 is 0 Å². The lowest BCUT2D eigenvalue weighted by atomic mass is 9.80. The Balaban J connectivity index is 2.21. The first-order valence-corrected chi connectivity index (χ1v) is 7.88. The van der Waals surface area contributed by atoms with Gasteiger partial charge in [-0.1, -0.05) is 39.8 Å². The summed E-state index contributed by atoms with van der Waals surface area (Å²) in [5.41, 5.74) is 0.253. The van der Waals surface area contributed by atoms with Gasteiger partial charge in [0.25, 0.3) is 0 Å². The summed E-state index contributed by atoms with van der Waals surface area (Å²) < 4.78 is 5.86. The third-order valence-corrected chi connectivity index (χ3v) is 3.69. The molecule has 0 atom stereocenters. The van der Waals surface area contributed by atoms with Crippen LogP contribution < -0.4 is 4.74 Å². The maximum Gasteiger partial charge on any atom is 0.120 e. The average molecular weight is 276 g/mol. The van der Waals surface area contributed by atoms with Gasteiger partial charge in [0.1, 0.15) is 5.75 Å². The Morgan fingerprint density at radius 1 is 1.15 bits per heavy atom. The summed E-state index contributed by atoms with van der Waals surface area (Å²) in [6, 6.07) is 8.05. The Morgan fingerprint density at radius 2 is 1.75 bits per heavy atom. The van der Waals surface area contributed by atoms with Crippen molar-refractivity contribution in [1.29, 1.82) is 0 Å². The van der Waals surface area contributed by atoms with Gasteiger partial charge in [-0.25, -0.2) is 0 Å². The molecule has 0 amide bonds. The zero-order valence-corrected chi connectivity index (χ0v) is 13.2. The fraction of sp³-hybridized carbons (Fsp3) is 0.667. The summed E-state index contributed by atoms with van der Waals surface area (Å²) in [7, 11) is 0. The second-order valence-electron chi connectivity index (χ2n) is 7.07. The van der Waals surface area contributed by atoms with E-state index in [0.29, 0.717) is 17.9 Å². The van der Waals surface area contributed by atoms with Crippen molar-refractivity contribution in [1.82, 2.24) is 0 Å². The van der Waals surface area contributed by atoms with Gasteiger partial charge >= 0.3 is 0 Å². The Labute approximate surface area is 123 Å². The van der Waals surface area contributed by atoms with Gasteiger partial charge < -0.3 is 9.84 Å². The van der Waals surface area contributed by atoms with E-state index in [4.69, 9.17) is 4.74 Å². The molecule has 0 radical (unpaired) electrons. The fourth-order valence-electron chi connectivity index (χ4n) is 2.91. The molecule has 1 saturated carbocycles. The van der Waals surface area contributed by atoms with Gasteiger partial charge in [-0.05, 0) is 55.2 Å². The molecule has 1 aliphatic rings. The molecule has 1 aliphatic carbocycles. The molecule has 0 bridgehead atoms. The Hall–Kier alpha value is -1.02. The number of benzene rings is 1. The van der Waals surface area contributed by atoms with Crippen molar-refractivity contribution in [2.24, 2.45) is 11.8 Å². The van der Waals surface area contributed by atoms with E-state index in [1.165, 1.54) is 0 Å².